The Hall–Kier alpha value is -1.46. The van der Waals surface area contributed by atoms with Gasteiger partial charge in [-0.15, -0.1) is 0 Å². The highest BCUT2D eigenvalue weighted by Gasteiger charge is 2.09. The molecular weight excluding hydrogens is 222 g/mol. The van der Waals surface area contributed by atoms with Crippen molar-refractivity contribution in [1.29, 1.82) is 0 Å². The molecule has 0 fully saturated rings. The maximum Gasteiger partial charge on any atom is 0.197 e. The van der Waals surface area contributed by atoms with Crippen LogP contribution in [-0.4, -0.2) is 26.1 Å². The molecule has 1 N–H and O–H groups in total. The zero-order valence-electron chi connectivity index (χ0n) is 9.00. The quantitative estimate of drug-likeness (QED) is 0.822. The fourth-order valence-corrected chi connectivity index (χ4v) is 1.83. The Morgan fingerprint density at radius 2 is 2.00 bits per heavy atom. The molecule has 0 saturated carbocycles. The van der Waals surface area contributed by atoms with Gasteiger partial charge >= 0.3 is 0 Å². The van der Waals surface area contributed by atoms with Gasteiger partial charge in [-0.3, -0.25) is 4.57 Å². The largest absolute Gasteiger partial charge is 0.395 e. The molecule has 0 aliphatic rings. The molecule has 84 valence electrons. The number of hydrogen-bond acceptors (Lipinski definition) is 3. The monoisotopic (exact) mass is 235 g/mol. The summed E-state index contributed by atoms with van der Waals surface area (Å²) in [5, 5.41) is 13.4. The van der Waals surface area contributed by atoms with Gasteiger partial charge in [-0.25, -0.2) is 4.68 Å². The molecule has 0 unspecified atom stereocenters. The lowest BCUT2D eigenvalue weighted by molar-refractivity contribution is 0.275. The van der Waals surface area contributed by atoms with Crippen molar-refractivity contribution < 1.29 is 5.11 Å². The predicted molar refractivity (Wildman–Crippen MR) is 64.6 cm³/mol. The van der Waals surface area contributed by atoms with Crippen LogP contribution in [0.25, 0.3) is 11.4 Å². The van der Waals surface area contributed by atoms with Crippen molar-refractivity contribution in [3.63, 3.8) is 0 Å². The van der Waals surface area contributed by atoms with Crippen molar-refractivity contribution in [2.45, 2.75) is 6.54 Å². The molecule has 4 nitrogen and oxygen atoms in total. The van der Waals surface area contributed by atoms with Crippen LogP contribution >= 0.6 is 12.2 Å². The number of aromatic nitrogens is 3. The van der Waals surface area contributed by atoms with Crippen LogP contribution in [0.3, 0.4) is 0 Å². The standard InChI is InChI=1S/C11H13N3OS/c1-13-11(16)14(7-8-15)10(12-13)9-5-3-2-4-6-9/h2-6,15H,7-8H2,1H3. The lowest BCUT2D eigenvalue weighted by atomic mass is 10.2. The summed E-state index contributed by atoms with van der Waals surface area (Å²) < 4.78 is 4.10. The Balaban J connectivity index is 2.57. The minimum atomic E-state index is 0.0554. The van der Waals surface area contributed by atoms with Crippen LogP contribution in [0.15, 0.2) is 30.3 Å². The number of benzene rings is 1. The number of hydrogen-bond donors (Lipinski definition) is 1. The molecule has 5 heteroatoms. The van der Waals surface area contributed by atoms with Gasteiger partial charge in [0.1, 0.15) is 0 Å². The van der Waals surface area contributed by atoms with Crippen molar-refractivity contribution in [3.05, 3.63) is 35.1 Å². The van der Waals surface area contributed by atoms with Crippen LogP contribution in [0.2, 0.25) is 0 Å². The molecule has 0 bridgehead atoms. The summed E-state index contributed by atoms with van der Waals surface area (Å²) in [6.07, 6.45) is 0. The first-order valence-corrected chi connectivity index (χ1v) is 5.45. The molecular formula is C11H13N3OS. The Bertz CT molecular complexity index is 530. The van der Waals surface area contributed by atoms with Gasteiger partial charge in [0.25, 0.3) is 0 Å². The molecule has 1 aromatic heterocycles. The normalized spacial score (nSPS) is 10.6. The second-order valence-electron chi connectivity index (χ2n) is 3.47. The summed E-state index contributed by atoms with van der Waals surface area (Å²) in [6, 6.07) is 9.82. The van der Waals surface area contributed by atoms with E-state index < -0.39 is 0 Å². The first-order valence-electron chi connectivity index (χ1n) is 5.04. The fourth-order valence-electron chi connectivity index (χ4n) is 1.61. The Morgan fingerprint density at radius 3 is 2.62 bits per heavy atom. The van der Waals surface area contributed by atoms with Gasteiger partial charge < -0.3 is 5.11 Å². The smallest absolute Gasteiger partial charge is 0.197 e. The summed E-state index contributed by atoms with van der Waals surface area (Å²) in [7, 11) is 1.81. The summed E-state index contributed by atoms with van der Waals surface area (Å²) in [4.78, 5) is 0. The zero-order valence-corrected chi connectivity index (χ0v) is 9.81. The van der Waals surface area contributed by atoms with Crippen LogP contribution in [0.1, 0.15) is 0 Å². The Labute approximate surface area is 98.8 Å². The van der Waals surface area contributed by atoms with Crippen molar-refractivity contribution in [2.75, 3.05) is 6.61 Å². The van der Waals surface area contributed by atoms with Crippen molar-refractivity contribution in [1.82, 2.24) is 14.3 Å². The van der Waals surface area contributed by atoms with E-state index in [1.165, 1.54) is 0 Å². The minimum Gasteiger partial charge on any atom is -0.395 e. The van der Waals surface area contributed by atoms with E-state index in [0.717, 1.165) is 11.4 Å². The van der Waals surface area contributed by atoms with Gasteiger partial charge in [0.15, 0.2) is 10.6 Å². The van der Waals surface area contributed by atoms with Crippen LogP contribution in [0.5, 0.6) is 0 Å². The average molecular weight is 235 g/mol. The van der Waals surface area contributed by atoms with Gasteiger partial charge in [0, 0.05) is 12.6 Å². The SMILES string of the molecule is Cn1nc(-c2ccccc2)n(CCO)c1=S. The lowest BCUT2D eigenvalue weighted by Crippen LogP contribution is -2.04. The average Bonchev–Trinajstić information content (AvgIpc) is 2.59. The second-order valence-corrected chi connectivity index (χ2v) is 3.84. The van der Waals surface area contributed by atoms with Gasteiger partial charge in [0.2, 0.25) is 0 Å². The van der Waals surface area contributed by atoms with Crippen molar-refractivity contribution in [3.8, 4) is 11.4 Å². The molecule has 16 heavy (non-hydrogen) atoms. The maximum absolute atomic E-state index is 9.02. The van der Waals surface area contributed by atoms with Crippen LogP contribution in [-0.2, 0) is 13.6 Å². The van der Waals surface area contributed by atoms with E-state index in [-0.39, 0.29) is 6.61 Å². The van der Waals surface area contributed by atoms with Gasteiger partial charge in [-0.1, -0.05) is 30.3 Å². The first-order chi connectivity index (χ1) is 7.74. The van der Waals surface area contributed by atoms with E-state index >= 15 is 0 Å². The lowest BCUT2D eigenvalue weighted by Gasteiger charge is -2.03. The molecule has 0 saturated heterocycles. The number of aliphatic hydroxyl groups is 1. The minimum absolute atomic E-state index is 0.0554. The predicted octanol–water partition coefficient (Wildman–Crippen LogP) is 1.61. The van der Waals surface area contributed by atoms with Gasteiger partial charge in [-0.05, 0) is 12.2 Å². The third-order valence-electron chi connectivity index (χ3n) is 2.36. The highest BCUT2D eigenvalue weighted by atomic mass is 32.1. The number of nitrogens with zero attached hydrogens (tertiary/aromatic N) is 3. The maximum atomic E-state index is 9.02. The molecule has 2 aromatic rings. The van der Waals surface area contributed by atoms with Gasteiger partial charge in [-0.2, -0.15) is 5.10 Å². The highest BCUT2D eigenvalue weighted by molar-refractivity contribution is 7.71. The summed E-state index contributed by atoms with van der Waals surface area (Å²) in [5.41, 5.74) is 1.00. The molecule has 0 aliphatic heterocycles. The molecule has 0 radical (unpaired) electrons. The van der Waals surface area contributed by atoms with E-state index in [1.54, 1.807) is 4.68 Å². The zero-order chi connectivity index (χ0) is 11.5. The van der Waals surface area contributed by atoms with E-state index in [4.69, 9.17) is 17.3 Å². The summed E-state index contributed by atoms with van der Waals surface area (Å²) in [6.45, 7) is 0.525. The van der Waals surface area contributed by atoms with E-state index in [2.05, 4.69) is 5.10 Å². The van der Waals surface area contributed by atoms with Crippen LogP contribution in [0, 0.1) is 4.77 Å². The van der Waals surface area contributed by atoms with E-state index in [9.17, 15) is 0 Å². The molecule has 0 amide bonds. The van der Waals surface area contributed by atoms with E-state index in [1.807, 2.05) is 41.9 Å². The Morgan fingerprint density at radius 1 is 1.31 bits per heavy atom. The number of aryl methyl sites for hydroxylation is 1. The van der Waals surface area contributed by atoms with Crippen LogP contribution < -0.4 is 0 Å². The summed E-state index contributed by atoms with van der Waals surface area (Å²) in [5.74, 6) is 0.794. The Kier molecular flexibility index (Phi) is 3.17. The third kappa shape index (κ3) is 1.91. The molecule has 2 rings (SSSR count). The first kappa shape index (κ1) is 11.0. The fraction of sp³-hybridized carbons (Fsp3) is 0.273. The molecule has 0 aliphatic carbocycles. The number of rotatable bonds is 3. The number of aliphatic hydroxyl groups excluding tert-OH is 1. The van der Waals surface area contributed by atoms with Gasteiger partial charge in [0.05, 0.1) is 13.2 Å². The van der Waals surface area contributed by atoms with Crippen molar-refractivity contribution >= 4 is 12.2 Å². The van der Waals surface area contributed by atoms with Crippen molar-refractivity contribution in [2.24, 2.45) is 7.05 Å². The molecule has 1 heterocycles. The van der Waals surface area contributed by atoms with E-state index in [0.29, 0.717) is 11.3 Å². The second kappa shape index (κ2) is 4.59. The topological polar surface area (TPSA) is 43.0 Å². The third-order valence-corrected chi connectivity index (χ3v) is 2.85. The molecule has 1 aromatic carbocycles. The van der Waals surface area contributed by atoms with Crippen LogP contribution in [0.4, 0.5) is 0 Å². The molecule has 0 atom stereocenters. The molecule has 0 spiro atoms. The highest BCUT2D eigenvalue weighted by Crippen LogP contribution is 2.17. The summed E-state index contributed by atoms with van der Waals surface area (Å²) >= 11 is 5.23.